The number of thiophene rings is 1. The van der Waals surface area contributed by atoms with Crippen molar-refractivity contribution in [2.45, 2.75) is 0 Å². The Bertz CT molecular complexity index is 563. The second-order valence-electron chi connectivity index (χ2n) is 3.30. The van der Waals surface area contributed by atoms with E-state index in [1.165, 1.54) is 11.3 Å². The molecule has 2 nitrogen and oxygen atoms in total. The van der Waals surface area contributed by atoms with Crippen molar-refractivity contribution in [3.63, 3.8) is 0 Å². The number of hydrogen-bond acceptors (Lipinski definition) is 3. The summed E-state index contributed by atoms with van der Waals surface area (Å²) in [6.45, 7) is 0. The van der Waals surface area contributed by atoms with E-state index in [1.807, 2.05) is 12.1 Å². The third-order valence-corrected chi connectivity index (χ3v) is 4.57. The summed E-state index contributed by atoms with van der Waals surface area (Å²) in [5, 5.41) is 0. The second kappa shape index (κ2) is 5.33. The fourth-order valence-electron chi connectivity index (χ4n) is 1.41. The van der Waals surface area contributed by atoms with Gasteiger partial charge in [-0.15, -0.1) is 11.3 Å². The normalized spacial score (nSPS) is 10.3. The summed E-state index contributed by atoms with van der Waals surface area (Å²) in [7, 11) is 1.58. The number of methoxy groups -OCH3 is 1. The Morgan fingerprint density at radius 1 is 1.29 bits per heavy atom. The molecule has 88 valence electrons. The lowest BCUT2D eigenvalue weighted by atomic mass is 10.1. The van der Waals surface area contributed by atoms with Crippen molar-refractivity contribution in [2.24, 2.45) is 0 Å². The summed E-state index contributed by atoms with van der Waals surface area (Å²) >= 11 is 8.23. The Balaban J connectivity index is 2.40. The van der Waals surface area contributed by atoms with Crippen molar-refractivity contribution in [3.8, 4) is 5.75 Å². The van der Waals surface area contributed by atoms with Crippen LogP contribution in [-0.2, 0) is 0 Å². The number of ether oxygens (including phenoxy) is 1. The highest BCUT2D eigenvalue weighted by Crippen LogP contribution is 2.33. The number of benzene rings is 1. The van der Waals surface area contributed by atoms with Crippen LogP contribution in [-0.4, -0.2) is 12.9 Å². The predicted molar refractivity (Wildman–Crippen MR) is 76.1 cm³/mol. The van der Waals surface area contributed by atoms with E-state index in [-0.39, 0.29) is 5.78 Å². The molecule has 0 aliphatic heterocycles. The molecule has 0 unspecified atom stereocenters. The number of carbonyl (C=O) groups excluding carboxylic acids is 1. The van der Waals surface area contributed by atoms with Crippen molar-refractivity contribution in [2.75, 3.05) is 7.11 Å². The molecule has 0 aliphatic rings. The Hall–Kier alpha value is -0.650. The summed E-state index contributed by atoms with van der Waals surface area (Å²) < 4.78 is 6.86. The molecule has 0 fully saturated rings. The minimum atomic E-state index is -0.0160. The third-order valence-electron chi connectivity index (χ3n) is 2.23. The lowest BCUT2D eigenvalue weighted by molar-refractivity contribution is 0.103. The third kappa shape index (κ3) is 2.78. The quantitative estimate of drug-likeness (QED) is 0.737. The maximum Gasteiger partial charge on any atom is 0.195 e. The van der Waals surface area contributed by atoms with E-state index in [1.54, 1.807) is 25.3 Å². The molecule has 1 aromatic heterocycles. The van der Waals surface area contributed by atoms with Crippen LogP contribution in [0.3, 0.4) is 0 Å². The average molecular weight is 376 g/mol. The first kappa shape index (κ1) is 12.8. The molecule has 0 atom stereocenters. The zero-order valence-corrected chi connectivity index (χ0v) is 12.9. The van der Waals surface area contributed by atoms with Gasteiger partial charge in [0.15, 0.2) is 5.78 Å². The van der Waals surface area contributed by atoms with Gasteiger partial charge in [-0.2, -0.15) is 0 Å². The topological polar surface area (TPSA) is 26.3 Å². The molecular formula is C12H8Br2O2S. The molecule has 1 heterocycles. The second-order valence-corrected chi connectivity index (χ2v) is 7.05. The fourth-order valence-corrected chi connectivity index (χ4v) is 4.21. The van der Waals surface area contributed by atoms with Gasteiger partial charge in [-0.1, -0.05) is 12.1 Å². The molecule has 0 spiro atoms. The van der Waals surface area contributed by atoms with Crippen LogP contribution in [0.25, 0.3) is 0 Å². The first-order chi connectivity index (χ1) is 8.11. The van der Waals surface area contributed by atoms with E-state index in [4.69, 9.17) is 4.74 Å². The summed E-state index contributed by atoms with van der Waals surface area (Å²) in [4.78, 5) is 12.2. The smallest absolute Gasteiger partial charge is 0.195 e. The molecule has 0 aliphatic carbocycles. The number of rotatable bonds is 3. The van der Waals surface area contributed by atoms with Crippen LogP contribution < -0.4 is 4.74 Å². The van der Waals surface area contributed by atoms with Crippen LogP contribution in [0.2, 0.25) is 0 Å². The fraction of sp³-hybridized carbons (Fsp3) is 0.0833. The standard InChI is InChI=1S/C12H8Br2O2S/c1-16-8-4-2-3-7(5-8)11(15)9-6-10(13)17-12(9)14/h2-6H,1H3. The highest BCUT2D eigenvalue weighted by molar-refractivity contribution is 9.12. The van der Waals surface area contributed by atoms with Crippen LogP contribution in [0, 0.1) is 0 Å². The molecule has 0 N–H and O–H groups in total. The van der Waals surface area contributed by atoms with Gasteiger partial charge in [0.1, 0.15) is 5.75 Å². The summed E-state index contributed by atoms with van der Waals surface area (Å²) in [6.07, 6.45) is 0. The minimum Gasteiger partial charge on any atom is -0.497 e. The van der Waals surface area contributed by atoms with E-state index >= 15 is 0 Å². The number of ketones is 1. The van der Waals surface area contributed by atoms with E-state index in [0.29, 0.717) is 16.9 Å². The largest absolute Gasteiger partial charge is 0.497 e. The molecular weight excluding hydrogens is 368 g/mol. The van der Waals surface area contributed by atoms with Gasteiger partial charge in [0, 0.05) is 11.1 Å². The molecule has 1 aromatic carbocycles. The SMILES string of the molecule is COc1cccc(C(=O)c2cc(Br)sc2Br)c1. The molecule has 2 aromatic rings. The highest BCUT2D eigenvalue weighted by Gasteiger charge is 2.15. The highest BCUT2D eigenvalue weighted by atomic mass is 79.9. The lowest BCUT2D eigenvalue weighted by Crippen LogP contribution is -2.00. The van der Waals surface area contributed by atoms with Gasteiger partial charge in [-0.3, -0.25) is 4.79 Å². The Labute approximate surface area is 120 Å². The van der Waals surface area contributed by atoms with Gasteiger partial charge in [0.2, 0.25) is 0 Å². The molecule has 0 amide bonds. The van der Waals surface area contributed by atoms with Crippen LogP contribution in [0.4, 0.5) is 0 Å². The van der Waals surface area contributed by atoms with Crippen LogP contribution in [0.1, 0.15) is 15.9 Å². The first-order valence-electron chi connectivity index (χ1n) is 4.75. The van der Waals surface area contributed by atoms with Crippen LogP contribution in [0.15, 0.2) is 37.9 Å². The molecule has 0 saturated heterocycles. The Morgan fingerprint density at radius 3 is 2.65 bits per heavy atom. The number of hydrogen-bond donors (Lipinski definition) is 0. The van der Waals surface area contributed by atoms with E-state index in [2.05, 4.69) is 31.9 Å². The molecule has 17 heavy (non-hydrogen) atoms. The van der Waals surface area contributed by atoms with E-state index in [9.17, 15) is 4.79 Å². The Morgan fingerprint density at radius 2 is 2.06 bits per heavy atom. The van der Waals surface area contributed by atoms with Gasteiger partial charge in [0.25, 0.3) is 0 Å². The van der Waals surface area contributed by atoms with Gasteiger partial charge in [-0.25, -0.2) is 0 Å². The van der Waals surface area contributed by atoms with Crippen molar-refractivity contribution >= 4 is 49.0 Å². The zero-order valence-electron chi connectivity index (χ0n) is 8.87. The van der Waals surface area contributed by atoms with Crippen LogP contribution in [0.5, 0.6) is 5.75 Å². The first-order valence-corrected chi connectivity index (χ1v) is 7.15. The van der Waals surface area contributed by atoms with Crippen molar-refractivity contribution < 1.29 is 9.53 Å². The maximum absolute atomic E-state index is 12.2. The predicted octanol–water partition coefficient (Wildman–Crippen LogP) is 4.51. The van der Waals surface area contributed by atoms with Crippen LogP contribution >= 0.6 is 43.2 Å². The lowest BCUT2D eigenvalue weighted by Gasteiger charge is -2.03. The molecule has 0 bridgehead atoms. The molecule has 2 rings (SSSR count). The minimum absolute atomic E-state index is 0.0160. The monoisotopic (exact) mass is 374 g/mol. The summed E-state index contributed by atoms with van der Waals surface area (Å²) in [5.41, 5.74) is 1.28. The van der Waals surface area contributed by atoms with Crippen molar-refractivity contribution in [1.29, 1.82) is 0 Å². The Kier molecular flexibility index (Phi) is 4.01. The van der Waals surface area contributed by atoms with E-state index < -0.39 is 0 Å². The maximum atomic E-state index is 12.2. The zero-order chi connectivity index (χ0) is 12.4. The molecule has 5 heteroatoms. The summed E-state index contributed by atoms with van der Waals surface area (Å²) in [5.74, 6) is 0.666. The van der Waals surface area contributed by atoms with E-state index in [0.717, 1.165) is 7.57 Å². The number of carbonyl (C=O) groups is 1. The average Bonchev–Trinajstić information content (AvgIpc) is 2.67. The van der Waals surface area contributed by atoms with Crippen molar-refractivity contribution in [3.05, 3.63) is 49.0 Å². The number of halogens is 2. The van der Waals surface area contributed by atoms with Gasteiger partial charge >= 0.3 is 0 Å². The van der Waals surface area contributed by atoms with Gasteiger partial charge < -0.3 is 4.74 Å². The van der Waals surface area contributed by atoms with Gasteiger partial charge in [-0.05, 0) is 50.1 Å². The molecule has 0 saturated carbocycles. The molecule has 0 radical (unpaired) electrons. The van der Waals surface area contributed by atoms with Crippen molar-refractivity contribution in [1.82, 2.24) is 0 Å². The van der Waals surface area contributed by atoms with Gasteiger partial charge in [0.05, 0.1) is 14.7 Å². The summed E-state index contributed by atoms with van der Waals surface area (Å²) in [6, 6.07) is 8.95.